The largest absolute Gasteiger partial charge is 0.494 e. The number of benzene rings is 2. The highest BCUT2D eigenvalue weighted by Gasteiger charge is 2.10. The Balaban J connectivity index is 1.59. The number of aryl methyl sites for hydroxylation is 3. The van der Waals surface area contributed by atoms with Crippen LogP contribution in [0.2, 0.25) is 0 Å². The predicted molar refractivity (Wildman–Crippen MR) is 113 cm³/mol. The summed E-state index contributed by atoms with van der Waals surface area (Å²) in [5.74, 6) is 2.09. The second-order valence-electron chi connectivity index (χ2n) is 6.99. The van der Waals surface area contributed by atoms with Crippen LogP contribution in [0.4, 0.5) is 0 Å². The number of amides is 1. The van der Waals surface area contributed by atoms with Crippen LogP contribution in [-0.4, -0.2) is 28.6 Å². The number of carbonyl (C=O) groups is 1. The molecule has 0 aliphatic heterocycles. The van der Waals surface area contributed by atoms with E-state index in [9.17, 15) is 4.79 Å². The van der Waals surface area contributed by atoms with Crippen LogP contribution in [0.5, 0.6) is 5.75 Å². The summed E-state index contributed by atoms with van der Waals surface area (Å²) in [5, 5.41) is 2.93. The fourth-order valence-electron chi connectivity index (χ4n) is 3.28. The van der Waals surface area contributed by atoms with Crippen molar-refractivity contribution in [1.29, 1.82) is 0 Å². The fraction of sp³-hybridized carbons (Fsp3) is 0.391. The molecule has 5 nitrogen and oxygen atoms in total. The topological polar surface area (TPSA) is 56.2 Å². The van der Waals surface area contributed by atoms with Crippen molar-refractivity contribution < 1.29 is 9.53 Å². The van der Waals surface area contributed by atoms with Gasteiger partial charge in [0, 0.05) is 25.9 Å². The molecule has 3 aromatic rings. The molecule has 0 saturated heterocycles. The predicted octanol–water partition coefficient (Wildman–Crippen LogP) is 4.27. The molecule has 1 amide bonds. The first kappa shape index (κ1) is 19.9. The standard InChI is InChI=1S/C23H29N3O2/c1-3-23(27)24-14-7-13-22-25-20-11-4-5-12-21(20)26(22)15-8-16-28-19-10-6-9-18(2)17-19/h4-6,9-12,17H,3,7-8,13-16H2,1-2H3,(H,24,27). The summed E-state index contributed by atoms with van der Waals surface area (Å²) in [6.07, 6.45) is 3.17. The number of para-hydroxylation sites is 2. The van der Waals surface area contributed by atoms with Crippen molar-refractivity contribution in [1.82, 2.24) is 14.9 Å². The molecule has 0 bridgehead atoms. The molecule has 2 aromatic carbocycles. The van der Waals surface area contributed by atoms with Gasteiger partial charge in [-0.2, -0.15) is 0 Å². The van der Waals surface area contributed by atoms with E-state index in [0.29, 0.717) is 19.6 Å². The number of aromatic nitrogens is 2. The van der Waals surface area contributed by atoms with Crippen molar-refractivity contribution in [2.24, 2.45) is 0 Å². The van der Waals surface area contributed by atoms with Gasteiger partial charge in [0.1, 0.15) is 11.6 Å². The first-order chi connectivity index (χ1) is 13.7. The molecular weight excluding hydrogens is 350 g/mol. The smallest absolute Gasteiger partial charge is 0.219 e. The third-order valence-corrected chi connectivity index (χ3v) is 4.74. The van der Waals surface area contributed by atoms with Crippen LogP contribution in [0.15, 0.2) is 48.5 Å². The minimum atomic E-state index is 0.0989. The maximum atomic E-state index is 11.4. The first-order valence-corrected chi connectivity index (χ1v) is 10.1. The normalized spacial score (nSPS) is 10.9. The molecule has 0 atom stereocenters. The number of carbonyl (C=O) groups excluding carboxylic acids is 1. The van der Waals surface area contributed by atoms with Gasteiger partial charge in [0.15, 0.2) is 0 Å². The molecule has 0 spiro atoms. The van der Waals surface area contributed by atoms with E-state index in [-0.39, 0.29) is 5.91 Å². The average molecular weight is 380 g/mol. The number of rotatable bonds is 10. The van der Waals surface area contributed by atoms with Crippen molar-refractivity contribution in [3.8, 4) is 5.75 Å². The number of imidazole rings is 1. The third-order valence-electron chi connectivity index (χ3n) is 4.74. The number of nitrogens with one attached hydrogen (secondary N) is 1. The van der Waals surface area contributed by atoms with Gasteiger partial charge >= 0.3 is 0 Å². The molecular formula is C23H29N3O2. The summed E-state index contributed by atoms with van der Waals surface area (Å²) in [6, 6.07) is 16.4. The van der Waals surface area contributed by atoms with Crippen LogP contribution >= 0.6 is 0 Å². The highest BCUT2D eigenvalue weighted by atomic mass is 16.5. The molecule has 0 radical (unpaired) electrons. The number of hydrogen-bond donors (Lipinski definition) is 1. The van der Waals surface area contributed by atoms with Gasteiger partial charge in [-0.3, -0.25) is 4.79 Å². The lowest BCUT2D eigenvalue weighted by Gasteiger charge is -2.11. The van der Waals surface area contributed by atoms with Gasteiger partial charge in [0.05, 0.1) is 17.6 Å². The van der Waals surface area contributed by atoms with Gasteiger partial charge < -0.3 is 14.6 Å². The van der Waals surface area contributed by atoms with E-state index in [1.54, 1.807) is 0 Å². The summed E-state index contributed by atoms with van der Waals surface area (Å²) < 4.78 is 8.18. The number of nitrogens with zero attached hydrogens (tertiary/aromatic N) is 2. The molecule has 3 rings (SSSR count). The van der Waals surface area contributed by atoms with Crippen molar-refractivity contribution in [2.45, 2.75) is 46.1 Å². The van der Waals surface area contributed by atoms with Crippen molar-refractivity contribution in [3.05, 3.63) is 59.9 Å². The molecule has 0 fully saturated rings. The van der Waals surface area contributed by atoms with Crippen LogP contribution in [-0.2, 0) is 17.8 Å². The van der Waals surface area contributed by atoms with E-state index in [2.05, 4.69) is 47.1 Å². The van der Waals surface area contributed by atoms with Crippen LogP contribution in [0.3, 0.4) is 0 Å². The lowest BCUT2D eigenvalue weighted by atomic mass is 10.2. The molecule has 5 heteroatoms. The van der Waals surface area contributed by atoms with Crippen molar-refractivity contribution in [3.63, 3.8) is 0 Å². The minimum Gasteiger partial charge on any atom is -0.494 e. The van der Waals surface area contributed by atoms with Crippen LogP contribution in [0.25, 0.3) is 11.0 Å². The number of hydrogen-bond acceptors (Lipinski definition) is 3. The van der Waals surface area contributed by atoms with Crippen LogP contribution < -0.4 is 10.1 Å². The van der Waals surface area contributed by atoms with E-state index < -0.39 is 0 Å². The highest BCUT2D eigenvalue weighted by molar-refractivity contribution is 5.76. The lowest BCUT2D eigenvalue weighted by Crippen LogP contribution is -2.23. The Hall–Kier alpha value is -2.82. The molecule has 0 saturated carbocycles. The molecule has 28 heavy (non-hydrogen) atoms. The Labute approximate surface area is 166 Å². The SMILES string of the molecule is CCC(=O)NCCCc1nc2ccccc2n1CCCOc1cccc(C)c1. The van der Waals surface area contributed by atoms with Gasteiger partial charge in [-0.05, 0) is 49.6 Å². The quantitative estimate of drug-likeness (QED) is 0.535. The molecule has 148 valence electrons. The molecule has 0 aliphatic rings. The van der Waals surface area contributed by atoms with Crippen LogP contribution in [0, 0.1) is 6.92 Å². The second-order valence-corrected chi connectivity index (χ2v) is 6.99. The summed E-state index contributed by atoms with van der Waals surface area (Å²) in [6.45, 7) is 6.16. The highest BCUT2D eigenvalue weighted by Crippen LogP contribution is 2.18. The maximum Gasteiger partial charge on any atom is 0.219 e. The van der Waals surface area contributed by atoms with E-state index in [0.717, 1.165) is 48.4 Å². The molecule has 1 N–H and O–H groups in total. The minimum absolute atomic E-state index is 0.0989. The summed E-state index contributed by atoms with van der Waals surface area (Å²) in [5.41, 5.74) is 3.39. The Morgan fingerprint density at radius 2 is 2.00 bits per heavy atom. The Kier molecular flexibility index (Phi) is 7.06. The Morgan fingerprint density at radius 3 is 2.82 bits per heavy atom. The zero-order valence-corrected chi connectivity index (χ0v) is 16.8. The van der Waals surface area contributed by atoms with Crippen molar-refractivity contribution in [2.75, 3.05) is 13.2 Å². The summed E-state index contributed by atoms with van der Waals surface area (Å²) >= 11 is 0. The maximum absolute atomic E-state index is 11.4. The third kappa shape index (κ3) is 5.35. The zero-order chi connectivity index (χ0) is 19.8. The molecule has 1 heterocycles. The monoisotopic (exact) mass is 379 g/mol. The van der Waals surface area contributed by atoms with E-state index in [1.807, 2.05) is 25.1 Å². The summed E-state index contributed by atoms with van der Waals surface area (Å²) in [7, 11) is 0. The number of fused-ring (bicyclic) bond motifs is 1. The second kappa shape index (κ2) is 9.93. The van der Waals surface area contributed by atoms with Gasteiger partial charge in [-0.25, -0.2) is 4.98 Å². The van der Waals surface area contributed by atoms with Crippen LogP contribution in [0.1, 0.15) is 37.6 Å². The lowest BCUT2D eigenvalue weighted by molar-refractivity contribution is -0.120. The van der Waals surface area contributed by atoms with E-state index in [1.165, 1.54) is 5.56 Å². The van der Waals surface area contributed by atoms with Gasteiger partial charge in [-0.15, -0.1) is 0 Å². The first-order valence-electron chi connectivity index (χ1n) is 10.1. The van der Waals surface area contributed by atoms with Gasteiger partial charge in [0.2, 0.25) is 5.91 Å². The molecule has 0 aliphatic carbocycles. The van der Waals surface area contributed by atoms with E-state index in [4.69, 9.17) is 9.72 Å². The van der Waals surface area contributed by atoms with E-state index >= 15 is 0 Å². The molecule has 1 aromatic heterocycles. The van der Waals surface area contributed by atoms with Gasteiger partial charge in [-0.1, -0.05) is 31.2 Å². The van der Waals surface area contributed by atoms with Crippen molar-refractivity contribution >= 4 is 16.9 Å². The number of ether oxygens (including phenoxy) is 1. The van der Waals surface area contributed by atoms with Gasteiger partial charge in [0.25, 0.3) is 0 Å². The fourth-order valence-corrected chi connectivity index (χ4v) is 3.28. The zero-order valence-electron chi connectivity index (χ0n) is 16.8. The molecule has 0 unspecified atom stereocenters. The average Bonchev–Trinajstić information content (AvgIpc) is 3.06. The Morgan fingerprint density at radius 1 is 1.14 bits per heavy atom. The Bertz CT molecular complexity index is 917. The summed E-state index contributed by atoms with van der Waals surface area (Å²) in [4.78, 5) is 16.2.